The van der Waals surface area contributed by atoms with Crippen LogP contribution in [0, 0.1) is 0 Å². The standard InChI is InChI=1S/C10H8N2O3.K/c13-9-7(6-4-2-1-3-5-6)11-12-8(9)10(14)15;/h1-5,13H,(H,11,12)(H,14,15);/q;+1/p-1. The molecule has 0 unspecified atom stereocenters. The number of carbonyl (C=O) groups is 1. The summed E-state index contributed by atoms with van der Waals surface area (Å²) in [6, 6.07) is 8.78. The van der Waals surface area contributed by atoms with Crippen LogP contribution >= 0.6 is 0 Å². The van der Waals surface area contributed by atoms with Gasteiger partial charge in [-0.3, -0.25) is 5.10 Å². The Balaban J connectivity index is 0.00000128. The van der Waals surface area contributed by atoms with Crippen molar-refractivity contribution in [3.8, 4) is 17.0 Å². The fourth-order valence-electron chi connectivity index (χ4n) is 1.28. The molecule has 1 aromatic carbocycles. The smallest absolute Gasteiger partial charge is 0.543 e. The van der Waals surface area contributed by atoms with Crippen molar-refractivity contribution in [3.63, 3.8) is 0 Å². The molecule has 2 aromatic rings. The Morgan fingerprint density at radius 3 is 2.44 bits per heavy atom. The van der Waals surface area contributed by atoms with Gasteiger partial charge in [-0.05, 0) is 0 Å². The Kier molecular flexibility index (Phi) is 4.69. The molecule has 0 aliphatic carbocycles. The third-order valence-electron chi connectivity index (χ3n) is 1.99. The van der Waals surface area contributed by atoms with Gasteiger partial charge in [0, 0.05) is 5.56 Å². The van der Waals surface area contributed by atoms with Gasteiger partial charge in [0.2, 0.25) is 0 Å². The second-order valence-electron chi connectivity index (χ2n) is 2.95. The van der Waals surface area contributed by atoms with Crippen LogP contribution in [-0.4, -0.2) is 21.3 Å². The molecule has 0 amide bonds. The van der Waals surface area contributed by atoms with E-state index in [1.54, 1.807) is 24.3 Å². The number of carboxylic acid groups (broad SMARTS) is 1. The van der Waals surface area contributed by atoms with Gasteiger partial charge >= 0.3 is 51.4 Å². The maximum absolute atomic E-state index is 10.5. The molecule has 76 valence electrons. The molecule has 0 fully saturated rings. The summed E-state index contributed by atoms with van der Waals surface area (Å²) in [6.45, 7) is 0. The van der Waals surface area contributed by atoms with Crippen LogP contribution in [0.3, 0.4) is 0 Å². The molecule has 5 nitrogen and oxygen atoms in total. The topological polar surface area (TPSA) is 89.0 Å². The molecule has 0 bridgehead atoms. The van der Waals surface area contributed by atoms with Crippen molar-refractivity contribution in [2.75, 3.05) is 0 Å². The van der Waals surface area contributed by atoms with E-state index in [4.69, 9.17) is 0 Å². The number of aromatic hydroxyl groups is 1. The molecule has 0 aliphatic rings. The summed E-state index contributed by atoms with van der Waals surface area (Å²) in [6.07, 6.45) is 0. The first kappa shape index (κ1) is 13.4. The number of aromatic amines is 1. The van der Waals surface area contributed by atoms with E-state index in [0.29, 0.717) is 5.56 Å². The molecule has 0 saturated carbocycles. The van der Waals surface area contributed by atoms with Gasteiger partial charge in [0.15, 0.2) is 5.75 Å². The van der Waals surface area contributed by atoms with E-state index in [1.807, 2.05) is 6.07 Å². The SMILES string of the molecule is O=C([O-])c1[nH]nc(-c2ccccc2)c1O.[K+]. The molecular formula is C10H7KN2O3. The van der Waals surface area contributed by atoms with Crippen LogP contribution in [0.4, 0.5) is 0 Å². The van der Waals surface area contributed by atoms with Crippen molar-refractivity contribution in [1.82, 2.24) is 10.2 Å². The van der Waals surface area contributed by atoms with Gasteiger partial charge in [0.1, 0.15) is 11.4 Å². The normalized spacial score (nSPS) is 9.50. The summed E-state index contributed by atoms with van der Waals surface area (Å²) in [5.41, 5.74) is 0.433. The average Bonchev–Trinajstić information content (AvgIpc) is 2.61. The minimum atomic E-state index is -1.48. The number of aromatic nitrogens is 2. The number of hydrogen-bond acceptors (Lipinski definition) is 4. The zero-order valence-corrected chi connectivity index (χ0v) is 11.7. The number of aromatic carboxylic acids is 1. The van der Waals surface area contributed by atoms with Crippen molar-refractivity contribution < 1.29 is 66.4 Å². The number of rotatable bonds is 2. The Hall–Kier alpha value is -0.664. The van der Waals surface area contributed by atoms with E-state index in [9.17, 15) is 15.0 Å². The Bertz CT molecular complexity index is 496. The van der Waals surface area contributed by atoms with Crippen molar-refractivity contribution in [1.29, 1.82) is 0 Å². The van der Waals surface area contributed by atoms with Gasteiger partial charge < -0.3 is 15.0 Å². The van der Waals surface area contributed by atoms with Crippen molar-refractivity contribution >= 4 is 5.97 Å². The van der Waals surface area contributed by atoms with Gasteiger partial charge in [-0.15, -0.1) is 0 Å². The summed E-state index contributed by atoms with van der Waals surface area (Å²) >= 11 is 0. The molecule has 1 aromatic heterocycles. The summed E-state index contributed by atoms with van der Waals surface area (Å²) in [5, 5.41) is 26.0. The minimum Gasteiger partial charge on any atom is -0.543 e. The monoisotopic (exact) mass is 242 g/mol. The van der Waals surface area contributed by atoms with Crippen LogP contribution in [-0.2, 0) is 0 Å². The number of nitrogens with zero attached hydrogens (tertiary/aromatic N) is 1. The third-order valence-corrected chi connectivity index (χ3v) is 1.99. The molecule has 2 N–H and O–H groups in total. The Labute approximate surface area is 134 Å². The first-order valence-corrected chi connectivity index (χ1v) is 4.24. The number of carboxylic acids is 1. The number of nitrogens with one attached hydrogen (secondary N) is 1. The first-order chi connectivity index (χ1) is 7.20. The number of carbonyl (C=O) groups excluding carboxylic acids is 1. The quantitative estimate of drug-likeness (QED) is 0.555. The van der Waals surface area contributed by atoms with Crippen LogP contribution in [0.5, 0.6) is 5.75 Å². The molecule has 2 rings (SSSR count). The van der Waals surface area contributed by atoms with Crippen LogP contribution in [0.1, 0.15) is 10.5 Å². The van der Waals surface area contributed by atoms with Gasteiger partial charge in [-0.1, -0.05) is 30.3 Å². The maximum atomic E-state index is 10.5. The third kappa shape index (κ3) is 2.53. The van der Waals surface area contributed by atoms with E-state index in [1.165, 1.54) is 0 Å². The zero-order valence-electron chi connectivity index (χ0n) is 8.60. The zero-order chi connectivity index (χ0) is 10.8. The van der Waals surface area contributed by atoms with E-state index in [2.05, 4.69) is 10.2 Å². The minimum absolute atomic E-state index is 0. The van der Waals surface area contributed by atoms with Crippen LogP contribution in [0.25, 0.3) is 11.3 Å². The van der Waals surface area contributed by atoms with Crippen LogP contribution in [0.2, 0.25) is 0 Å². The average molecular weight is 242 g/mol. The first-order valence-electron chi connectivity index (χ1n) is 4.24. The Morgan fingerprint density at radius 1 is 1.31 bits per heavy atom. The summed E-state index contributed by atoms with van der Waals surface area (Å²) in [4.78, 5) is 10.5. The second kappa shape index (κ2) is 5.60. The fraction of sp³-hybridized carbons (Fsp3) is 0. The van der Waals surface area contributed by atoms with E-state index in [-0.39, 0.29) is 57.1 Å². The van der Waals surface area contributed by atoms with Crippen molar-refractivity contribution in [2.45, 2.75) is 0 Å². The van der Waals surface area contributed by atoms with E-state index >= 15 is 0 Å². The number of hydrogen-bond donors (Lipinski definition) is 2. The van der Waals surface area contributed by atoms with Crippen LogP contribution in [0.15, 0.2) is 30.3 Å². The van der Waals surface area contributed by atoms with Gasteiger partial charge in [-0.2, -0.15) is 5.10 Å². The van der Waals surface area contributed by atoms with Gasteiger partial charge in [0.05, 0.1) is 5.97 Å². The van der Waals surface area contributed by atoms with Gasteiger partial charge in [0.25, 0.3) is 0 Å². The molecule has 0 radical (unpaired) electrons. The molecule has 6 heteroatoms. The number of H-pyrrole nitrogens is 1. The summed E-state index contributed by atoms with van der Waals surface area (Å²) in [5.74, 6) is -1.89. The van der Waals surface area contributed by atoms with Crippen molar-refractivity contribution in [3.05, 3.63) is 36.0 Å². The fourth-order valence-corrected chi connectivity index (χ4v) is 1.28. The van der Waals surface area contributed by atoms with Crippen LogP contribution < -0.4 is 56.5 Å². The maximum Gasteiger partial charge on any atom is 1.00 e. The molecule has 1 heterocycles. The number of benzene rings is 1. The van der Waals surface area contributed by atoms with Crippen molar-refractivity contribution in [2.24, 2.45) is 0 Å². The van der Waals surface area contributed by atoms with Gasteiger partial charge in [-0.25, -0.2) is 0 Å². The molecule has 0 aliphatic heterocycles. The molecule has 0 spiro atoms. The summed E-state index contributed by atoms with van der Waals surface area (Å²) in [7, 11) is 0. The molecule has 0 saturated heterocycles. The predicted molar refractivity (Wildman–Crippen MR) is 50.0 cm³/mol. The largest absolute Gasteiger partial charge is 1.00 e. The predicted octanol–water partition coefficient (Wildman–Crippen LogP) is -2.85. The van der Waals surface area contributed by atoms with E-state index < -0.39 is 17.4 Å². The summed E-state index contributed by atoms with van der Waals surface area (Å²) < 4.78 is 0. The molecule has 0 atom stereocenters. The molecular weight excluding hydrogens is 235 g/mol. The second-order valence-corrected chi connectivity index (χ2v) is 2.95. The Morgan fingerprint density at radius 2 is 1.94 bits per heavy atom. The van der Waals surface area contributed by atoms with E-state index in [0.717, 1.165) is 0 Å². The molecule has 16 heavy (non-hydrogen) atoms.